The summed E-state index contributed by atoms with van der Waals surface area (Å²) in [6.45, 7) is 0. The smallest absolute Gasteiger partial charge is 0.227 e. The first-order valence-electron chi connectivity index (χ1n) is 17.2. The Morgan fingerprint density at radius 2 is 1.06 bits per heavy atom. The molecule has 4 heteroatoms. The summed E-state index contributed by atoms with van der Waals surface area (Å²) >= 11 is 0. The molecular weight excluding hydrogens is 623 g/mol. The average molecular weight is 654 g/mol. The number of oxazole rings is 1. The van der Waals surface area contributed by atoms with Gasteiger partial charge in [-0.05, 0) is 90.0 Å². The van der Waals surface area contributed by atoms with E-state index in [1.807, 2.05) is 36.4 Å². The van der Waals surface area contributed by atoms with Gasteiger partial charge in [0.2, 0.25) is 5.89 Å². The molecule has 0 aliphatic heterocycles. The highest BCUT2D eigenvalue weighted by Gasteiger charge is 2.20. The number of fused-ring (bicyclic) bond motifs is 6. The highest BCUT2D eigenvalue weighted by atomic mass is 16.3. The Morgan fingerprint density at radius 3 is 1.84 bits per heavy atom. The van der Waals surface area contributed by atoms with Crippen LogP contribution in [0.4, 0.5) is 17.1 Å². The van der Waals surface area contributed by atoms with Crippen molar-refractivity contribution in [3.05, 3.63) is 188 Å². The van der Waals surface area contributed by atoms with E-state index in [-0.39, 0.29) is 0 Å². The van der Waals surface area contributed by atoms with Crippen LogP contribution in [0.2, 0.25) is 0 Å². The molecule has 240 valence electrons. The second-order valence-corrected chi connectivity index (χ2v) is 12.8. The number of hydrogen-bond donors (Lipinski definition) is 0. The van der Waals surface area contributed by atoms with Crippen LogP contribution in [0.5, 0.6) is 0 Å². The maximum absolute atomic E-state index is 6.29. The van der Waals surface area contributed by atoms with Crippen molar-refractivity contribution >= 4 is 60.7 Å². The summed E-state index contributed by atoms with van der Waals surface area (Å²) in [6.07, 6.45) is 0. The maximum Gasteiger partial charge on any atom is 0.227 e. The van der Waals surface area contributed by atoms with E-state index in [2.05, 4.69) is 161 Å². The first kappa shape index (κ1) is 29.0. The minimum Gasteiger partial charge on any atom is -0.436 e. The first-order valence-corrected chi connectivity index (χ1v) is 17.2. The third-order valence-electron chi connectivity index (χ3n) is 9.82. The molecule has 4 nitrogen and oxygen atoms in total. The zero-order valence-corrected chi connectivity index (χ0v) is 27.6. The van der Waals surface area contributed by atoms with Gasteiger partial charge in [0, 0.05) is 44.2 Å². The number of rotatable bonds is 6. The van der Waals surface area contributed by atoms with E-state index in [1.54, 1.807) is 0 Å². The minimum absolute atomic E-state index is 0.622. The van der Waals surface area contributed by atoms with Gasteiger partial charge in [-0.3, -0.25) is 0 Å². The lowest BCUT2D eigenvalue weighted by molar-refractivity contribution is 0.620. The summed E-state index contributed by atoms with van der Waals surface area (Å²) < 4.78 is 8.65. The van der Waals surface area contributed by atoms with Crippen molar-refractivity contribution in [3.63, 3.8) is 0 Å². The molecule has 0 fully saturated rings. The van der Waals surface area contributed by atoms with Gasteiger partial charge in [-0.1, -0.05) is 109 Å². The topological polar surface area (TPSA) is 34.2 Å². The third kappa shape index (κ3) is 4.88. The fraction of sp³-hybridized carbons (Fsp3) is 0. The summed E-state index contributed by atoms with van der Waals surface area (Å²) in [5.74, 6) is 0.622. The second-order valence-electron chi connectivity index (χ2n) is 12.8. The van der Waals surface area contributed by atoms with Crippen molar-refractivity contribution < 1.29 is 4.42 Å². The van der Waals surface area contributed by atoms with Crippen molar-refractivity contribution in [2.24, 2.45) is 0 Å². The van der Waals surface area contributed by atoms with Crippen LogP contribution in [0.1, 0.15) is 0 Å². The number of benzene rings is 8. The normalized spacial score (nSPS) is 11.5. The molecular formula is C47H31N3O. The zero-order valence-electron chi connectivity index (χ0n) is 27.6. The molecule has 8 aromatic carbocycles. The van der Waals surface area contributed by atoms with Crippen LogP contribution in [0, 0.1) is 0 Å². The van der Waals surface area contributed by atoms with E-state index in [4.69, 9.17) is 9.40 Å². The molecule has 51 heavy (non-hydrogen) atoms. The molecule has 0 amide bonds. The fourth-order valence-electron chi connectivity index (χ4n) is 7.45. The predicted octanol–water partition coefficient (Wildman–Crippen LogP) is 12.9. The lowest BCUT2D eigenvalue weighted by atomic mass is 10.0. The van der Waals surface area contributed by atoms with Crippen LogP contribution in [-0.4, -0.2) is 9.55 Å². The number of para-hydroxylation sites is 2. The van der Waals surface area contributed by atoms with E-state index in [0.29, 0.717) is 5.89 Å². The first-order chi connectivity index (χ1) is 25.3. The Balaban J connectivity index is 1.19. The van der Waals surface area contributed by atoms with Crippen molar-refractivity contribution in [1.29, 1.82) is 0 Å². The van der Waals surface area contributed by atoms with Crippen molar-refractivity contribution in [2.45, 2.75) is 0 Å². The quantitative estimate of drug-likeness (QED) is 0.179. The summed E-state index contributed by atoms with van der Waals surface area (Å²) in [6, 6.07) is 66.3. The van der Waals surface area contributed by atoms with Crippen LogP contribution in [0.15, 0.2) is 192 Å². The summed E-state index contributed by atoms with van der Waals surface area (Å²) in [5, 5.41) is 4.55. The van der Waals surface area contributed by atoms with Crippen LogP contribution in [0.3, 0.4) is 0 Å². The van der Waals surface area contributed by atoms with E-state index >= 15 is 0 Å². The summed E-state index contributed by atoms with van der Waals surface area (Å²) in [7, 11) is 0. The average Bonchev–Trinajstić information content (AvgIpc) is 3.79. The van der Waals surface area contributed by atoms with Gasteiger partial charge in [-0.25, -0.2) is 4.98 Å². The van der Waals surface area contributed by atoms with Gasteiger partial charge in [-0.15, -0.1) is 0 Å². The Kier molecular flexibility index (Phi) is 6.78. The number of anilines is 3. The monoisotopic (exact) mass is 653 g/mol. The van der Waals surface area contributed by atoms with Crippen molar-refractivity contribution in [2.75, 3.05) is 4.90 Å². The van der Waals surface area contributed by atoms with E-state index in [1.165, 1.54) is 32.9 Å². The van der Waals surface area contributed by atoms with Crippen molar-refractivity contribution in [3.8, 4) is 28.3 Å². The van der Waals surface area contributed by atoms with Crippen molar-refractivity contribution in [1.82, 2.24) is 9.55 Å². The molecule has 0 saturated heterocycles. The van der Waals surface area contributed by atoms with Gasteiger partial charge >= 0.3 is 0 Å². The Bertz CT molecular complexity index is 2840. The highest BCUT2D eigenvalue weighted by molar-refractivity contribution is 6.13. The lowest BCUT2D eigenvalue weighted by Crippen LogP contribution is -2.10. The molecule has 0 radical (unpaired) electrons. The van der Waals surface area contributed by atoms with E-state index < -0.39 is 0 Å². The number of hydrogen-bond acceptors (Lipinski definition) is 3. The molecule has 2 aromatic heterocycles. The molecule has 0 spiro atoms. The Morgan fingerprint density at radius 1 is 0.431 bits per heavy atom. The third-order valence-corrected chi connectivity index (χ3v) is 9.82. The number of aromatic nitrogens is 2. The maximum atomic E-state index is 6.29. The molecule has 2 heterocycles. The standard InChI is InChI=1S/C47H31N3O/c1-4-13-32(14-5-1)33-23-25-36(26-24-33)49(37-27-29-44-41(31-37)38-19-10-11-21-43(38)50(44)35-17-8-3-9-18-35)42-22-12-20-40-39(42)28-30-45-46(40)48-47(51-45)34-15-6-2-7-16-34/h1-31H. The van der Waals surface area contributed by atoms with Crippen LogP contribution < -0.4 is 4.90 Å². The van der Waals surface area contributed by atoms with Crippen LogP contribution >= 0.6 is 0 Å². The molecule has 0 unspecified atom stereocenters. The molecule has 0 atom stereocenters. The Labute approximate surface area is 295 Å². The van der Waals surface area contributed by atoms with Gasteiger partial charge in [0.25, 0.3) is 0 Å². The largest absolute Gasteiger partial charge is 0.436 e. The SMILES string of the molecule is c1ccc(-c2ccc(N(c3ccc4c(c3)c3ccccc3n4-c3ccccc3)c3cccc4c3ccc3oc(-c5ccccc5)nc34)cc2)cc1. The van der Waals surface area contributed by atoms with E-state index in [0.717, 1.165) is 50.2 Å². The summed E-state index contributed by atoms with van der Waals surface area (Å²) in [5.41, 5.74) is 11.7. The second kappa shape index (κ2) is 11.9. The van der Waals surface area contributed by atoms with Gasteiger partial charge in [0.15, 0.2) is 5.58 Å². The molecule has 0 aliphatic rings. The number of nitrogens with zero attached hydrogens (tertiary/aromatic N) is 3. The van der Waals surface area contributed by atoms with Gasteiger partial charge < -0.3 is 13.9 Å². The molecule has 0 saturated carbocycles. The predicted molar refractivity (Wildman–Crippen MR) is 211 cm³/mol. The molecule has 10 rings (SSSR count). The molecule has 10 aromatic rings. The van der Waals surface area contributed by atoms with Crippen LogP contribution in [-0.2, 0) is 0 Å². The Hall–Kier alpha value is -6.91. The van der Waals surface area contributed by atoms with Crippen LogP contribution in [0.25, 0.3) is 71.9 Å². The van der Waals surface area contributed by atoms with E-state index in [9.17, 15) is 0 Å². The molecule has 0 bridgehead atoms. The fourth-order valence-corrected chi connectivity index (χ4v) is 7.45. The highest BCUT2D eigenvalue weighted by Crippen LogP contribution is 2.43. The van der Waals surface area contributed by atoms with Gasteiger partial charge in [-0.2, -0.15) is 0 Å². The minimum atomic E-state index is 0.622. The zero-order chi connectivity index (χ0) is 33.7. The molecule has 0 aliphatic carbocycles. The lowest BCUT2D eigenvalue weighted by Gasteiger charge is -2.27. The van der Waals surface area contributed by atoms with Gasteiger partial charge in [0.1, 0.15) is 5.52 Å². The van der Waals surface area contributed by atoms with Gasteiger partial charge in [0.05, 0.1) is 16.7 Å². The molecule has 0 N–H and O–H groups in total. The summed E-state index contributed by atoms with van der Waals surface area (Å²) in [4.78, 5) is 7.39.